The van der Waals surface area contributed by atoms with Crippen molar-refractivity contribution in [2.24, 2.45) is 0 Å². The minimum Gasteiger partial charge on any atom is -0.507 e. The number of rotatable bonds is 2. The molecule has 94 valence electrons. The monoisotopic (exact) mass is 253 g/mol. The summed E-state index contributed by atoms with van der Waals surface area (Å²) in [7, 11) is 0. The fraction of sp³-hybridized carbons (Fsp3) is 0. The fourth-order valence-corrected chi connectivity index (χ4v) is 1.81. The van der Waals surface area contributed by atoms with Gasteiger partial charge in [0.05, 0.1) is 5.69 Å². The lowest BCUT2D eigenvalue weighted by Crippen LogP contribution is -2.04. The van der Waals surface area contributed by atoms with Crippen molar-refractivity contribution in [3.05, 3.63) is 48.8 Å². The number of nitrogens with two attached hydrogens (primary N) is 1. The van der Waals surface area contributed by atoms with Crippen LogP contribution in [0.3, 0.4) is 0 Å². The van der Waals surface area contributed by atoms with Gasteiger partial charge in [0.1, 0.15) is 11.4 Å². The highest BCUT2D eigenvalue weighted by molar-refractivity contribution is 5.69. The van der Waals surface area contributed by atoms with E-state index < -0.39 is 0 Å². The van der Waals surface area contributed by atoms with Crippen LogP contribution in [0.15, 0.2) is 48.8 Å². The first-order valence-corrected chi connectivity index (χ1v) is 5.67. The summed E-state index contributed by atoms with van der Waals surface area (Å²) in [6.45, 7) is 0. The van der Waals surface area contributed by atoms with Crippen LogP contribution >= 0.6 is 0 Å². The first-order chi connectivity index (χ1) is 9.25. The van der Waals surface area contributed by atoms with Gasteiger partial charge in [-0.1, -0.05) is 12.1 Å². The Bertz CT molecular complexity index is 709. The summed E-state index contributed by atoms with van der Waals surface area (Å²) in [6, 6.07) is 10.5. The van der Waals surface area contributed by atoms with Crippen LogP contribution in [0.5, 0.6) is 5.75 Å². The third kappa shape index (κ3) is 1.99. The van der Waals surface area contributed by atoms with Gasteiger partial charge in [0, 0.05) is 18.0 Å². The maximum atomic E-state index is 9.83. The molecule has 6 heteroatoms. The molecule has 0 unspecified atom stereocenters. The molecule has 3 N–H and O–H groups in total. The van der Waals surface area contributed by atoms with Crippen molar-refractivity contribution in [1.82, 2.24) is 20.0 Å². The predicted molar refractivity (Wildman–Crippen MR) is 70.7 cm³/mol. The normalized spacial score (nSPS) is 10.5. The molecule has 0 saturated carbocycles. The molecule has 2 aromatic heterocycles. The Hall–Kier alpha value is -2.89. The molecular formula is C13H11N5O. The molecule has 19 heavy (non-hydrogen) atoms. The second-order valence-electron chi connectivity index (χ2n) is 3.97. The topological polar surface area (TPSA) is 89.9 Å². The molecule has 0 aliphatic carbocycles. The highest BCUT2D eigenvalue weighted by Gasteiger charge is 2.10. The number of hydrogen-bond donors (Lipinski definition) is 2. The second-order valence-corrected chi connectivity index (χ2v) is 3.97. The lowest BCUT2D eigenvalue weighted by Gasteiger charge is -2.07. The van der Waals surface area contributed by atoms with E-state index in [0.29, 0.717) is 16.9 Å². The molecule has 0 bridgehead atoms. The molecule has 0 amide bonds. The van der Waals surface area contributed by atoms with Crippen LogP contribution in [0, 0.1) is 0 Å². The van der Waals surface area contributed by atoms with E-state index in [-0.39, 0.29) is 11.6 Å². The Kier molecular flexibility index (Phi) is 2.60. The summed E-state index contributed by atoms with van der Waals surface area (Å²) in [5.41, 5.74) is 7.56. The molecule has 1 aromatic carbocycles. The Morgan fingerprint density at radius 3 is 2.68 bits per heavy atom. The lowest BCUT2D eigenvalue weighted by atomic mass is 10.1. The molecule has 0 saturated heterocycles. The highest BCUT2D eigenvalue weighted by Crippen LogP contribution is 2.28. The number of nitrogen functional groups attached to an aromatic ring is 1. The van der Waals surface area contributed by atoms with Gasteiger partial charge in [-0.25, -0.2) is 4.68 Å². The van der Waals surface area contributed by atoms with Gasteiger partial charge in [0.2, 0.25) is 0 Å². The minimum atomic E-state index is 0.146. The van der Waals surface area contributed by atoms with Crippen LogP contribution in [-0.2, 0) is 0 Å². The van der Waals surface area contributed by atoms with E-state index in [4.69, 9.17) is 5.73 Å². The lowest BCUT2D eigenvalue weighted by molar-refractivity contribution is 0.477. The zero-order chi connectivity index (χ0) is 13.2. The van der Waals surface area contributed by atoms with Gasteiger partial charge in [-0.05, 0) is 24.3 Å². The van der Waals surface area contributed by atoms with Crippen molar-refractivity contribution in [2.75, 3.05) is 5.73 Å². The standard InChI is InChI=1S/C13H11N5O/c14-13-11(18-7-3-6-15-18)8-10(16-17-13)9-4-1-2-5-12(9)19/h1-8,19H,(H2,14,17). The van der Waals surface area contributed by atoms with Crippen LogP contribution in [0.25, 0.3) is 16.9 Å². The number of para-hydroxylation sites is 1. The molecule has 0 aliphatic rings. The van der Waals surface area contributed by atoms with Crippen LogP contribution in [0.2, 0.25) is 0 Å². The van der Waals surface area contributed by atoms with Gasteiger partial charge in [-0.15, -0.1) is 10.2 Å². The minimum absolute atomic E-state index is 0.146. The molecule has 6 nitrogen and oxygen atoms in total. The molecule has 2 heterocycles. The second kappa shape index (κ2) is 4.41. The third-order valence-corrected chi connectivity index (χ3v) is 2.73. The van der Waals surface area contributed by atoms with Gasteiger partial charge >= 0.3 is 0 Å². The van der Waals surface area contributed by atoms with E-state index in [2.05, 4.69) is 15.3 Å². The fourth-order valence-electron chi connectivity index (χ4n) is 1.81. The smallest absolute Gasteiger partial charge is 0.172 e. The van der Waals surface area contributed by atoms with Crippen molar-refractivity contribution < 1.29 is 5.11 Å². The number of aromatic nitrogens is 4. The average Bonchev–Trinajstić information content (AvgIpc) is 2.94. The number of benzene rings is 1. The van der Waals surface area contributed by atoms with Gasteiger partial charge in [-0.3, -0.25) is 0 Å². The molecular weight excluding hydrogens is 242 g/mol. The molecule has 0 atom stereocenters. The Labute approximate surface area is 109 Å². The summed E-state index contributed by atoms with van der Waals surface area (Å²) in [6.07, 6.45) is 3.42. The number of hydrogen-bond acceptors (Lipinski definition) is 5. The highest BCUT2D eigenvalue weighted by atomic mass is 16.3. The van der Waals surface area contributed by atoms with Crippen molar-refractivity contribution in [3.63, 3.8) is 0 Å². The van der Waals surface area contributed by atoms with Crippen molar-refractivity contribution >= 4 is 5.82 Å². The van der Waals surface area contributed by atoms with Crippen molar-refractivity contribution in [1.29, 1.82) is 0 Å². The third-order valence-electron chi connectivity index (χ3n) is 2.73. The van der Waals surface area contributed by atoms with E-state index >= 15 is 0 Å². The van der Waals surface area contributed by atoms with Crippen LogP contribution < -0.4 is 5.73 Å². The average molecular weight is 253 g/mol. The number of phenols is 1. The van der Waals surface area contributed by atoms with Gasteiger partial charge < -0.3 is 10.8 Å². The molecule has 3 aromatic rings. The van der Waals surface area contributed by atoms with Crippen LogP contribution in [0.1, 0.15) is 0 Å². The molecule has 0 aliphatic heterocycles. The molecule has 0 radical (unpaired) electrons. The summed E-state index contributed by atoms with van der Waals surface area (Å²) >= 11 is 0. The van der Waals surface area contributed by atoms with Crippen molar-refractivity contribution in [2.45, 2.75) is 0 Å². The number of nitrogens with zero attached hydrogens (tertiary/aromatic N) is 4. The maximum Gasteiger partial charge on any atom is 0.172 e. The summed E-state index contributed by atoms with van der Waals surface area (Å²) < 4.78 is 1.60. The SMILES string of the molecule is Nc1nnc(-c2ccccc2O)cc1-n1cccn1. The Balaban J connectivity index is 2.15. The molecule has 0 fully saturated rings. The van der Waals surface area contributed by atoms with Crippen LogP contribution in [-0.4, -0.2) is 25.1 Å². The zero-order valence-electron chi connectivity index (χ0n) is 9.93. The predicted octanol–water partition coefficient (Wildman–Crippen LogP) is 1.62. The van der Waals surface area contributed by atoms with E-state index in [1.807, 2.05) is 6.07 Å². The van der Waals surface area contributed by atoms with Gasteiger partial charge in [0.15, 0.2) is 5.82 Å². The summed E-state index contributed by atoms with van der Waals surface area (Å²) in [5, 5.41) is 21.9. The number of aromatic hydroxyl groups is 1. The molecule has 0 spiro atoms. The van der Waals surface area contributed by atoms with E-state index in [0.717, 1.165) is 0 Å². The summed E-state index contributed by atoms with van der Waals surface area (Å²) in [4.78, 5) is 0. The van der Waals surface area contributed by atoms with E-state index in [9.17, 15) is 5.11 Å². The summed E-state index contributed by atoms with van der Waals surface area (Å²) in [5.74, 6) is 0.427. The van der Waals surface area contributed by atoms with Gasteiger partial charge in [-0.2, -0.15) is 5.10 Å². The number of anilines is 1. The Morgan fingerprint density at radius 1 is 1.11 bits per heavy atom. The molecule has 3 rings (SSSR count). The van der Waals surface area contributed by atoms with E-state index in [1.54, 1.807) is 47.4 Å². The quantitative estimate of drug-likeness (QED) is 0.724. The van der Waals surface area contributed by atoms with Gasteiger partial charge in [0.25, 0.3) is 0 Å². The first kappa shape index (κ1) is 11.2. The largest absolute Gasteiger partial charge is 0.507 e. The maximum absolute atomic E-state index is 9.83. The zero-order valence-corrected chi connectivity index (χ0v) is 9.93. The first-order valence-electron chi connectivity index (χ1n) is 5.67. The van der Waals surface area contributed by atoms with E-state index in [1.165, 1.54) is 0 Å². The van der Waals surface area contributed by atoms with Crippen molar-refractivity contribution in [3.8, 4) is 22.7 Å². The number of phenolic OH excluding ortho intramolecular Hbond substituents is 1. The Morgan fingerprint density at radius 2 is 1.95 bits per heavy atom. The van der Waals surface area contributed by atoms with Crippen LogP contribution in [0.4, 0.5) is 5.82 Å².